The van der Waals surface area contributed by atoms with Gasteiger partial charge in [-0.3, -0.25) is 0 Å². The molecule has 0 aromatic rings. The number of rotatable bonds is 4. The third-order valence-corrected chi connectivity index (χ3v) is 9.56. The molecule has 0 saturated carbocycles. The van der Waals surface area contributed by atoms with Crippen LogP contribution in [0.25, 0.3) is 0 Å². The Bertz CT molecular complexity index is 549. The summed E-state index contributed by atoms with van der Waals surface area (Å²) in [5, 5.41) is 0. The zero-order valence-electron chi connectivity index (χ0n) is 12.3. The summed E-state index contributed by atoms with van der Waals surface area (Å²) in [6.45, 7) is 5.69. The van der Waals surface area contributed by atoms with E-state index in [0.29, 0.717) is 25.9 Å². The van der Waals surface area contributed by atoms with Gasteiger partial charge in [0, 0.05) is 19.6 Å². The van der Waals surface area contributed by atoms with Crippen LogP contribution in [0.1, 0.15) is 33.1 Å². The molecule has 0 aromatic heterocycles. The van der Waals surface area contributed by atoms with Crippen molar-refractivity contribution in [2.24, 2.45) is 5.92 Å². The predicted octanol–water partition coefficient (Wildman–Crippen LogP) is 0.710. The summed E-state index contributed by atoms with van der Waals surface area (Å²) < 4.78 is 47.0. The normalized spacial score (nSPS) is 32.2. The fourth-order valence-electron chi connectivity index (χ4n) is 3.50. The molecule has 1 atom stereocenters. The number of hydrogen-bond donors (Lipinski definition) is 0. The Kier molecular flexibility index (Phi) is 4.52. The van der Waals surface area contributed by atoms with Crippen LogP contribution >= 0.6 is 0 Å². The van der Waals surface area contributed by atoms with Gasteiger partial charge in [-0.1, -0.05) is 13.8 Å². The van der Waals surface area contributed by atoms with E-state index in [1.807, 2.05) is 13.8 Å². The van der Waals surface area contributed by atoms with Crippen LogP contribution < -0.4 is 0 Å². The van der Waals surface area contributed by atoms with Crippen molar-refractivity contribution in [1.82, 2.24) is 4.90 Å². The number of nitrogens with zero attached hydrogens (tertiary/aromatic N) is 1. The highest BCUT2D eigenvalue weighted by molar-refractivity contribution is 7.93. The van der Waals surface area contributed by atoms with Gasteiger partial charge >= 0.3 is 0 Å². The van der Waals surface area contributed by atoms with Crippen LogP contribution in [0.2, 0.25) is 0 Å². The molecule has 2 rings (SSSR count). The van der Waals surface area contributed by atoms with E-state index in [0.717, 1.165) is 13.0 Å². The van der Waals surface area contributed by atoms with Crippen molar-refractivity contribution >= 4 is 19.7 Å². The maximum atomic E-state index is 12.3. The minimum Gasteiger partial charge on any atom is -0.300 e. The summed E-state index contributed by atoms with van der Waals surface area (Å²) in [5.41, 5.74) is 0. The molecule has 2 saturated heterocycles. The van der Waals surface area contributed by atoms with Crippen LogP contribution in [0.15, 0.2) is 0 Å². The molecule has 0 aliphatic carbocycles. The number of sulfone groups is 2. The van der Waals surface area contributed by atoms with Gasteiger partial charge in [-0.15, -0.1) is 0 Å². The molecule has 0 N–H and O–H groups in total. The van der Waals surface area contributed by atoms with Crippen LogP contribution in [-0.2, 0) is 19.7 Å². The molecule has 0 radical (unpaired) electrons. The minimum absolute atomic E-state index is 0.173. The van der Waals surface area contributed by atoms with Gasteiger partial charge in [-0.2, -0.15) is 0 Å². The summed E-state index contributed by atoms with van der Waals surface area (Å²) in [7, 11) is -5.89. The predicted molar refractivity (Wildman–Crippen MR) is 80.3 cm³/mol. The van der Waals surface area contributed by atoms with Crippen LogP contribution in [-0.4, -0.2) is 63.4 Å². The highest BCUT2D eigenvalue weighted by Crippen LogP contribution is 2.32. The topological polar surface area (TPSA) is 71.5 Å². The summed E-state index contributed by atoms with van der Waals surface area (Å²) in [4.78, 5) is 2.17. The molecule has 0 amide bonds. The number of hydrogen-bond acceptors (Lipinski definition) is 5. The third-order valence-electron chi connectivity index (χ3n) is 4.98. The van der Waals surface area contributed by atoms with Gasteiger partial charge in [0.1, 0.15) is 0 Å². The van der Waals surface area contributed by atoms with Gasteiger partial charge in [0.05, 0.1) is 22.0 Å². The monoisotopic (exact) mass is 323 g/mol. The highest BCUT2D eigenvalue weighted by atomic mass is 32.2. The SMILES string of the molecule is CCC1(CC)CN(CC2CCS(=O)(=O)C2)CCS1(=O)=O. The maximum Gasteiger partial charge on any atom is 0.158 e. The standard InChI is InChI=1S/C13H25NO4S2/c1-3-13(4-2)11-14(6-8-20(13,17)18)9-12-5-7-19(15,16)10-12/h12H,3-11H2,1-2H3. The Morgan fingerprint density at radius 3 is 2.25 bits per heavy atom. The summed E-state index contributed by atoms with van der Waals surface area (Å²) in [6, 6.07) is 0. The molecule has 118 valence electrons. The van der Waals surface area contributed by atoms with E-state index in [4.69, 9.17) is 0 Å². The Hall–Kier alpha value is -0.140. The second kappa shape index (κ2) is 5.57. The van der Waals surface area contributed by atoms with E-state index in [1.54, 1.807) is 0 Å². The van der Waals surface area contributed by atoms with Crippen molar-refractivity contribution in [2.45, 2.75) is 37.9 Å². The lowest BCUT2D eigenvalue weighted by Crippen LogP contribution is -2.56. The van der Waals surface area contributed by atoms with Gasteiger partial charge in [0.25, 0.3) is 0 Å². The lowest BCUT2D eigenvalue weighted by atomic mass is 10.00. The average molecular weight is 323 g/mol. The molecule has 2 heterocycles. The lowest BCUT2D eigenvalue weighted by molar-refractivity contribution is 0.204. The van der Waals surface area contributed by atoms with Crippen LogP contribution in [0.5, 0.6) is 0 Å². The third kappa shape index (κ3) is 3.04. The fourth-order valence-corrected chi connectivity index (χ4v) is 7.54. The fraction of sp³-hybridized carbons (Fsp3) is 1.00. The first-order chi connectivity index (χ1) is 9.24. The van der Waals surface area contributed by atoms with E-state index in [1.165, 1.54) is 0 Å². The van der Waals surface area contributed by atoms with E-state index in [-0.39, 0.29) is 23.2 Å². The van der Waals surface area contributed by atoms with Gasteiger partial charge in [0.15, 0.2) is 19.7 Å². The molecule has 20 heavy (non-hydrogen) atoms. The molecule has 2 fully saturated rings. The van der Waals surface area contributed by atoms with Crippen molar-refractivity contribution in [3.8, 4) is 0 Å². The molecule has 0 bridgehead atoms. The zero-order chi connectivity index (χ0) is 15.0. The molecule has 7 heteroatoms. The van der Waals surface area contributed by atoms with Crippen LogP contribution in [0, 0.1) is 5.92 Å². The smallest absolute Gasteiger partial charge is 0.158 e. The molecule has 5 nitrogen and oxygen atoms in total. The second-order valence-corrected chi connectivity index (χ2v) is 10.9. The van der Waals surface area contributed by atoms with E-state index in [9.17, 15) is 16.8 Å². The van der Waals surface area contributed by atoms with Crippen molar-refractivity contribution < 1.29 is 16.8 Å². The second-order valence-electron chi connectivity index (χ2n) is 6.21. The first-order valence-electron chi connectivity index (χ1n) is 7.39. The first kappa shape index (κ1) is 16.2. The zero-order valence-corrected chi connectivity index (χ0v) is 14.0. The van der Waals surface area contributed by atoms with Crippen molar-refractivity contribution in [2.75, 3.05) is 36.9 Å². The summed E-state index contributed by atoms with van der Waals surface area (Å²) in [6.07, 6.45) is 1.98. The molecule has 1 unspecified atom stereocenters. The Morgan fingerprint density at radius 2 is 1.75 bits per heavy atom. The Morgan fingerprint density at radius 1 is 1.10 bits per heavy atom. The van der Waals surface area contributed by atoms with Gasteiger partial charge in [-0.05, 0) is 25.2 Å². The van der Waals surface area contributed by atoms with Gasteiger partial charge in [0.2, 0.25) is 0 Å². The van der Waals surface area contributed by atoms with Crippen molar-refractivity contribution in [3.05, 3.63) is 0 Å². The molecule has 2 aliphatic heterocycles. The minimum atomic E-state index is -3.03. The van der Waals surface area contributed by atoms with E-state index >= 15 is 0 Å². The molecular formula is C13H25NO4S2. The van der Waals surface area contributed by atoms with Crippen LogP contribution in [0.4, 0.5) is 0 Å². The lowest BCUT2D eigenvalue weighted by Gasteiger charge is -2.42. The first-order valence-corrected chi connectivity index (χ1v) is 10.9. The summed E-state index contributed by atoms with van der Waals surface area (Å²) >= 11 is 0. The Labute approximate surface area is 122 Å². The largest absolute Gasteiger partial charge is 0.300 e. The quantitative estimate of drug-likeness (QED) is 0.762. The maximum absolute atomic E-state index is 12.3. The van der Waals surface area contributed by atoms with Crippen LogP contribution in [0.3, 0.4) is 0 Å². The van der Waals surface area contributed by atoms with E-state index < -0.39 is 24.4 Å². The molecule has 0 aromatic carbocycles. The van der Waals surface area contributed by atoms with Crippen molar-refractivity contribution in [3.63, 3.8) is 0 Å². The molecule has 0 spiro atoms. The molecule has 2 aliphatic rings. The molecular weight excluding hydrogens is 298 g/mol. The Balaban J connectivity index is 2.06. The average Bonchev–Trinajstić information content (AvgIpc) is 2.71. The van der Waals surface area contributed by atoms with Crippen molar-refractivity contribution in [1.29, 1.82) is 0 Å². The van der Waals surface area contributed by atoms with Gasteiger partial charge < -0.3 is 4.90 Å². The summed E-state index contributed by atoms with van der Waals surface area (Å²) in [5.74, 6) is 0.929. The van der Waals surface area contributed by atoms with E-state index in [2.05, 4.69) is 4.90 Å². The van der Waals surface area contributed by atoms with Gasteiger partial charge in [-0.25, -0.2) is 16.8 Å². The highest BCUT2D eigenvalue weighted by Gasteiger charge is 2.45.